The van der Waals surface area contributed by atoms with E-state index in [1.54, 1.807) is 18.2 Å². The van der Waals surface area contributed by atoms with Gasteiger partial charge in [-0.05, 0) is 69.4 Å². The molecule has 1 aromatic carbocycles. The lowest BCUT2D eigenvalue weighted by atomic mass is 9.99. The standard InChI is InChI=1S/C21H29ClN4O3/c1-15-7-12-25(13-8-15)10-3-9-23-19(27)4-2-11-26-20(28)17-6-5-16(22)14-18(17)24-21(26)29/h5-6,14-15H,2-4,7-13H2,1H3,(H,23,27)(H,24,29). The average molecular weight is 421 g/mol. The van der Waals surface area contributed by atoms with E-state index >= 15 is 0 Å². The van der Waals surface area contributed by atoms with Gasteiger partial charge in [0, 0.05) is 24.5 Å². The number of carbonyl (C=O) groups excluding carboxylic acids is 1. The Balaban J connectivity index is 1.42. The maximum Gasteiger partial charge on any atom is 0.328 e. The fraction of sp³-hybridized carbons (Fsp3) is 0.571. The van der Waals surface area contributed by atoms with Crippen molar-refractivity contribution in [1.29, 1.82) is 0 Å². The molecule has 0 spiro atoms. The van der Waals surface area contributed by atoms with Gasteiger partial charge in [0.05, 0.1) is 10.9 Å². The molecule has 0 atom stereocenters. The largest absolute Gasteiger partial charge is 0.356 e. The number of likely N-dealkylation sites (tertiary alicyclic amines) is 1. The highest BCUT2D eigenvalue weighted by molar-refractivity contribution is 6.31. The second-order valence-electron chi connectivity index (χ2n) is 7.91. The Labute approximate surface area is 175 Å². The van der Waals surface area contributed by atoms with E-state index < -0.39 is 5.69 Å². The van der Waals surface area contributed by atoms with Gasteiger partial charge in [-0.1, -0.05) is 18.5 Å². The molecule has 2 heterocycles. The van der Waals surface area contributed by atoms with Crippen LogP contribution in [0.25, 0.3) is 10.9 Å². The van der Waals surface area contributed by atoms with Gasteiger partial charge in [-0.3, -0.25) is 14.2 Å². The van der Waals surface area contributed by atoms with Gasteiger partial charge in [0.1, 0.15) is 0 Å². The predicted molar refractivity (Wildman–Crippen MR) is 116 cm³/mol. The molecule has 1 saturated heterocycles. The Kier molecular flexibility index (Phi) is 7.50. The van der Waals surface area contributed by atoms with Crippen molar-refractivity contribution in [3.8, 4) is 0 Å². The summed E-state index contributed by atoms with van der Waals surface area (Å²) in [7, 11) is 0. The summed E-state index contributed by atoms with van der Waals surface area (Å²) in [5, 5.41) is 3.79. The number of rotatable bonds is 8. The van der Waals surface area contributed by atoms with Crippen molar-refractivity contribution in [3.05, 3.63) is 44.1 Å². The molecule has 7 nitrogen and oxygen atoms in total. The Morgan fingerprint density at radius 2 is 1.97 bits per heavy atom. The van der Waals surface area contributed by atoms with Gasteiger partial charge >= 0.3 is 5.69 Å². The summed E-state index contributed by atoms with van der Waals surface area (Å²) in [6.45, 7) is 6.47. The third kappa shape index (κ3) is 5.93. The van der Waals surface area contributed by atoms with E-state index in [1.807, 2.05) is 0 Å². The quantitative estimate of drug-likeness (QED) is 0.642. The molecule has 1 aliphatic rings. The monoisotopic (exact) mass is 420 g/mol. The molecule has 0 saturated carbocycles. The third-order valence-electron chi connectivity index (χ3n) is 5.58. The van der Waals surface area contributed by atoms with Crippen molar-refractivity contribution in [2.24, 2.45) is 5.92 Å². The first kappa shape index (κ1) is 21.6. The lowest BCUT2D eigenvalue weighted by Gasteiger charge is -2.30. The summed E-state index contributed by atoms with van der Waals surface area (Å²) in [6, 6.07) is 4.77. The molecule has 158 valence electrons. The first-order valence-electron chi connectivity index (χ1n) is 10.4. The minimum Gasteiger partial charge on any atom is -0.356 e. The summed E-state index contributed by atoms with van der Waals surface area (Å²) in [6.07, 6.45) is 4.16. The summed E-state index contributed by atoms with van der Waals surface area (Å²) in [5.41, 5.74) is -0.428. The van der Waals surface area contributed by atoms with Gasteiger partial charge in [-0.15, -0.1) is 0 Å². The molecule has 8 heteroatoms. The molecule has 2 aromatic rings. The number of hydrogen-bond acceptors (Lipinski definition) is 4. The van der Waals surface area contributed by atoms with Crippen LogP contribution in [0.5, 0.6) is 0 Å². The first-order valence-corrected chi connectivity index (χ1v) is 10.7. The molecule has 1 amide bonds. The van der Waals surface area contributed by atoms with Crippen LogP contribution >= 0.6 is 11.6 Å². The van der Waals surface area contributed by atoms with E-state index in [9.17, 15) is 14.4 Å². The van der Waals surface area contributed by atoms with Crippen molar-refractivity contribution >= 4 is 28.4 Å². The molecule has 2 N–H and O–H groups in total. The van der Waals surface area contributed by atoms with Crippen LogP contribution in [0.3, 0.4) is 0 Å². The van der Waals surface area contributed by atoms with E-state index in [2.05, 4.69) is 22.1 Å². The van der Waals surface area contributed by atoms with Gasteiger partial charge in [0.15, 0.2) is 0 Å². The second-order valence-corrected chi connectivity index (χ2v) is 8.34. The maximum absolute atomic E-state index is 12.5. The summed E-state index contributed by atoms with van der Waals surface area (Å²) in [5.74, 6) is 0.778. The number of hydrogen-bond donors (Lipinski definition) is 2. The molecule has 29 heavy (non-hydrogen) atoms. The zero-order chi connectivity index (χ0) is 20.8. The van der Waals surface area contributed by atoms with Gasteiger partial charge in [-0.2, -0.15) is 0 Å². The van der Waals surface area contributed by atoms with Crippen LogP contribution in [-0.4, -0.2) is 46.5 Å². The number of nitrogens with zero attached hydrogens (tertiary/aromatic N) is 2. The molecule has 0 bridgehead atoms. The number of halogens is 1. The molecule has 1 aliphatic heterocycles. The fourth-order valence-electron chi connectivity index (χ4n) is 3.73. The van der Waals surface area contributed by atoms with Crippen LogP contribution in [0.15, 0.2) is 27.8 Å². The summed E-state index contributed by atoms with van der Waals surface area (Å²) >= 11 is 5.91. The van der Waals surface area contributed by atoms with Crippen molar-refractivity contribution in [2.45, 2.75) is 45.6 Å². The number of H-pyrrole nitrogens is 1. The highest BCUT2D eigenvalue weighted by Crippen LogP contribution is 2.16. The lowest BCUT2D eigenvalue weighted by Crippen LogP contribution is -2.36. The van der Waals surface area contributed by atoms with Crippen LogP contribution in [0, 0.1) is 5.92 Å². The van der Waals surface area contributed by atoms with Crippen molar-refractivity contribution < 1.29 is 4.79 Å². The number of aromatic nitrogens is 2. The number of amides is 1. The highest BCUT2D eigenvalue weighted by atomic mass is 35.5. The first-order chi connectivity index (χ1) is 13.9. The molecule has 3 rings (SSSR count). The minimum absolute atomic E-state index is 0.0469. The number of benzene rings is 1. The van der Waals surface area contributed by atoms with E-state index in [1.165, 1.54) is 12.8 Å². The molecular formula is C21H29ClN4O3. The summed E-state index contributed by atoms with van der Waals surface area (Å²) in [4.78, 5) is 41.9. The third-order valence-corrected chi connectivity index (χ3v) is 5.81. The highest BCUT2D eigenvalue weighted by Gasteiger charge is 2.15. The van der Waals surface area contributed by atoms with Gasteiger partial charge in [0.2, 0.25) is 5.91 Å². The smallest absolute Gasteiger partial charge is 0.328 e. The van der Waals surface area contributed by atoms with Gasteiger partial charge in [-0.25, -0.2) is 4.79 Å². The number of carbonyl (C=O) groups is 1. The Bertz CT molecular complexity index is 961. The van der Waals surface area contributed by atoms with E-state index in [4.69, 9.17) is 11.6 Å². The van der Waals surface area contributed by atoms with E-state index in [-0.39, 0.29) is 24.4 Å². The predicted octanol–water partition coefficient (Wildman–Crippen LogP) is 2.36. The second kappa shape index (κ2) is 10.1. The van der Waals surface area contributed by atoms with E-state index in [0.29, 0.717) is 28.9 Å². The van der Waals surface area contributed by atoms with Crippen LogP contribution in [0.4, 0.5) is 0 Å². The maximum atomic E-state index is 12.5. The minimum atomic E-state index is -0.485. The molecule has 0 aliphatic carbocycles. The van der Waals surface area contributed by atoms with Crippen LogP contribution in [0.2, 0.25) is 5.02 Å². The van der Waals surface area contributed by atoms with Crippen molar-refractivity contribution in [3.63, 3.8) is 0 Å². The van der Waals surface area contributed by atoms with Gasteiger partial charge < -0.3 is 15.2 Å². The molecule has 1 fully saturated rings. The topological polar surface area (TPSA) is 87.2 Å². The Morgan fingerprint density at radius 1 is 1.21 bits per heavy atom. The van der Waals surface area contributed by atoms with Crippen molar-refractivity contribution in [1.82, 2.24) is 19.8 Å². The normalized spacial score (nSPS) is 15.7. The average Bonchev–Trinajstić information content (AvgIpc) is 2.69. The fourth-order valence-corrected chi connectivity index (χ4v) is 3.90. The van der Waals surface area contributed by atoms with Crippen LogP contribution in [-0.2, 0) is 11.3 Å². The number of aromatic amines is 1. The molecule has 0 radical (unpaired) electrons. The zero-order valence-corrected chi connectivity index (χ0v) is 17.6. The molecule has 1 aromatic heterocycles. The summed E-state index contributed by atoms with van der Waals surface area (Å²) < 4.78 is 1.14. The van der Waals surface area contributed by atoms with Crippen molar-refractivity contribution in [2.75, 3.05) is 26.2 Å². The lowest BCUT2D eigenvalue weighted by molar-refractivity contribution is -0.121. The SMILES string of the molecule is CC1CCN(CCCNC(=O)CCCn2c(=O)[nH]c3cc(Cl)ccc3c2=O)CC1. The van der Waals surface area contributed by atoms with E-state index in [0.717, 1.165) is 36.5 Å². The Hall–Kier alpha value is -2.12. The van der Waals surface area contributed by atoms with Crippen LogP contribution < -0.4 is 16.6 Å². The van der Waals surface area contributed by atoms with Gasteiger partial charge in [0.25, 0.3) is 5.56 Å². The Morgan fingerprint density at radius 3 is 2.72 bits per heavy atom. The number of fused-ring (bicyclic) bond motifs is 1. The molecule has 0 unspecified atom stereocenters. The number of piperidine rings is 1. The molecular weight excluding hydrogens is 392 g/mol. The van der Waals surface area contributed by atoms with Crippen LogP contribution in [0.1, 0.15) is 39.0 Å². The number of nitrogens with one attached hydrogen (secondary N) is 2. The zero-order valence-electron chi connectivity index (χ0n) is 16.9.